The van der Waals surface area contributed by atoms with Gasteiger partial charge in [-0.2, -0.15) is 0 Å². The van der Waals surface area contributed by atoms with Crippen molar-refractivity contribution in [3.8, 4) is 11.5 Å². The first kappa shape index (κ1) is 28.7. The van der Waals surface area contributed by atoms with Gasteiger partial charge in [0.25, 0.3) is 11.8 Å². The summed E-state index contributed by atoms with van der Waals surface area (Å²) in [5.74, 6) is 0.464. The molecule has 0 bridgehead atoms. The molecule has 6 nitrogen and oxygen atoms in total. The maximum atomic E-state index is 13.9. The summed E-state index contributed by atoms with van der Waals surface area (Å²) in [7, 11) is 0. The van der Waals surface area contributed by atoms with Crippen LogP contribution in [0.15, 0.2) is 97.1 Å². The Morgan fingerprint density at radius 1 is 0.587 bits per heavy atom. The second kappa shape index (κ2) is 10.9. The predicted octanol–water partition coefficient (Wildman–Crippen LogP) is 8.52. The van der Waals surface area contributed by atoms with Crippen molar-refractivity contribution in [2.75, 3.05) is 34.6 Å². The molecular formula is C38H28Cl2N2O4. The van der Waals surface area contributed by atoms with E-state index in [1.807, 2.05) is 72.8 Å². The van der Waals surface area contributed by atoms with E-state index in [0.717, 1.165) is 43.4 Å². The van der Waals surface area contributed by atoms with Crippen LogP contribution in [0.4, 0.5) is 11.4 Å². The summed E-state index contributed by atoms with van der Waals surface area (Å²) in [6.07, 6.45) is 0. The number of carbonyl (C=O) groups excluding carboxylic acids is 2. The maximum Gasteiger partial charge on any atom is 0.258 e. The number of anilines is 2. The van der Waals surface area contributed by atoms with Crippen molar-refractivity contribution in [1.29, 1.82) is 0 Å². The number of rotatable bonds is 4. The Morgan fingerprint density at radius 2 is 0.978 bits per heavy atom. The third kappa shape index (κ3) is 4.32. The quantitative estimate of drug-likeness (QED) is 0.188. The smallest absolute Gasteiger partial charge is 0.258 e. The molecule has 0 fully saturated rings. The molecule has 0 radical (unpaired) electrons. The molecular weight excluding hydrogens is 619 g/mol. The summed E-state index contributed by atoms with van der Waals surface area (Å²) in [4.78, 5) is 31.2. The highest BCUT2D eigenvalue weighted by Crippen LogP contribution is 2.47. The monoisotopic (exact) mass is 646 g/mol. The molecule has 228 valence electrons. The van der Waals surface area contributed by atoms with Crippen molar-refractivity contribution in [2.24, 2.45) is 0 Å². The van der Waals surface area contributed by atoms with Gasteiger partial charge in [-0.05, 0) is 56.9 Å². The van der Waals surface area contributed by atoms with Gasteiger partial charge in [0.2, 0.25) is 0 Å². The Bertz CT molecular complexity index is 2090. The molecule has 8 heteroatoms. The number of phenolic OH excluding ortho intramolecular Hbond substituents is 2. The minimum atomic E-state index is -0.182. The summed E-state index contributed by atoms with van der Waals surface area (Å²) < 4.78 is 0. The molecule has 0 aromatic heterocycles. The zero-order valence-electron chi connectivity index (χ0n) is 24.6. The van der Waals surface area contributed by atoms with Crippen molar-refractivity contribution in [3.63, 3.8) is 0 Å². The molecule has 2 amide bonds. The molecule has 8 rings (SSSR count). The van der Waals surface area contributed by atoms with E-state index in [1.165, 1.54) is 0 Å². The standard InChI is InChI=1S/C38H28Cl2N2O4/c39-17-25-19-41(31-15-33(43)27-5-1-3-7-29(27)35(25)31)37(45)23-11-9-22-14-24(12-10-21(22)13-23)38(46)42-20-26(18-40)36-30-8-4-2-6-28(30)34(44)16-32(36)42/h1-16,25-26,43-44H,17-20H2/t25-,26-/m1/s1. The van der Waals surface area contributed by atoms with Crippen LogP contribution in [0, 0.1) is 0 Å². The van der Waals surface area contributed by atoms with Crippen molar-refractivity contribution >= 4 is 78.7 Å². The lowest BCUT2D eigenvalue weighted by Gasteiger charge is -2.20. The zero-order chi connectivity index (χ0) is 31.7. The first-order chi connectivity index (χ1) is 22.4. The highest BCUT2D eigenvalue weighted by atomic mass is 35.5. The minimum absolute atomic E-state index is 0.0610. The van der Waals surface area contributed by atoms with E-state index in [2.05, 4.69) is 0 Å². The molecule has 0 saturated carbocycles. The Hall–Kier alpha value is -4.78. The molecule has 6 aromatic rings. The van der Waals surface area contributed by atoms with Gasteiger partial charge in [0.15, 0.2) is 0 Å². The minimum Gasteiger partial charge on any atom is -0.507 e. The number of hydrogen-bond donors (Lipinski definition) is 2. The van der Waals surface area contributed by atoms with Gasteiger partial charge in [0.1, 0.15) is 11.5 Å². The molecule has 2 aliphatic heterocycles. The van der Waals surface area contributed by atoms with Crippen LogP contribution in [0.5, 0.6) is 11.5 Å². The van der Waals surface area contributed by atoms with Gasteiger partial charge < -0.3 is 20.0 Å². The number of phenols is 2. The van der Waals surface area contributed by atoms with E-state index in [9.17, 15) is 19.8 Å². The molecule has 0 saturated heterocycles. The molecule has 46 heavy (non-hydrogen) atoms. The Balaban J connectivity index is 1.12. The Labute approximate surface area is 275 Å². The number of amides is 2. The number of aromatic hydroxyl groups is 2. The third-order valence-corrected chi connectivity index (χ3v) is 10.2. The highest BCUT2D eigenvalue weighted by Gasteiger charge is 2.36. The van der Waals surface area contributed by atoms with Gasteiger partial charge in [-0.15, -0.1) is 23.2 Å². The van der Waals surface area contributed by atoms with Gasteiger partial charge in [0, 0.05) is 70.7 Å². The molecule has 2 heterocycles. The third-order valence-electron chi connectivity index (χ3n) is 9.49. The fourth-order valence-corrected chi connectivity index (χ4v) is 7.82. The van der Waals surface area contributed by atoms with Crippen molar-refractivity contribution in [3.05, 3.63) is 119 Å². The van der Waals surface area contributed by atoms with Crippen LogP contribution in [0.1, 0.15) is 43.7 Å². The van der Waals surface area contributed by atoms with Gasteiger partial charge >= 0.3 is 0 Å². The van der Waals surface area contributed by atoms with Gasteiger partial charge in [-0.1, -0.05) is 60.7 Å². The van der Waals surface area contributed by atoms with E-state index < -0.39 is 0 Å². The fourth-order valence-electron chi connectivity index (χ4n) is 7.31. The number of halogens is 2. The molecule has 0 aliphatic carbocycles. The topological polar surface area (TPSA) is 81.1 Å². The first-order valence-electron chi connectivity index (χ1n) is 15.2. The SMILES string of the molecule is O=C(c1ccc2cc(C(=O)N3C[C@@H](CCl)c4c3cc(O)c3ccccc43)ccc2c1)N1C[C@@H](CCl)c2c1cc(O)c1ccccc21. The fraction of sp³-hybridized carbons (Fsp3) is 0.158. The van der Waals surface area contributed by atoms with E-state index in [0.29, 0.717) is 47.4 Å². The molecule has 0 unspecified atom stereocenters. The number of hydrogen-bond acceptors (Lipinski definition) is 4. The number of benzene rings is 6. The number of fused-ring (bicyclic) bond motifs is 7. The number of carbonyl (C=O) groups is 2. The van der Waals surface area contributed by atoms with Crippen LogP contribution in [-0.2, 0) is 0 Å². The zero-order valence-corrected chi connectivity index (χ0v) is 26.1. The van der Waals surface area contributed by atoms with E-state index >= 15 is 0 Å². The van der Waals surface area contributed by atoms with Crippen LogP contribution in [0.25, 0.3) is 32.3 Å². The largest absolute Gasteiger partial charge is 0.507 e. The summed E-state index contributed by atoms with van der Waals surface area (Å²) in [5.41, 5.74) is 4.30. The van der Waals surface area contributed by atoms with Gasteiger partial charge in [-0.25, -0.2) is 0 Å². The Kier molecular flexibility index (Phi) is 6.82. The summed E-state index contributed by atoms with van der Waals surface area (Å²) >= 11 is 12.8. The molecule has 2 aliphatic rings. The molecule has 2 N–H and O–H groups in total. The van der Waals surface area contributed by atoms with Gasteiger partial charge in [0.05, 0.1) is 11.4 Å². The highest BCUT2D eigenvalue weighted by molar-refractivity contribution is 6.20. The van der Waals surface area contributed by atoms with Crippen molar-refractivity contribution in [1.82, 2.24) is 0 Å². The second-order valence-corrected chi connectivity index (χ2v) is 12.7. The lowest BCUT2D eigenvalue weighted by molar-refractivity contribution is 0.0980. The van der Waals surface area contributed by atoms with E-state index in [1.54, 1.807) is 34.1 Å². The van der Waals surface area contributed by atoms with Crippen LogP contribution in [0.3, 0.4) is 0 Å². The average molecular weight is 648 g/mol. The van der Waals surface area contributed by atoms with Gasteiger partial charge in [-0.3, -0.25) is 9.59 Å². The van der Waals surface area contributed by atoms with Crippen molar-refractivity contribution in [2.45, 2.75) is 11.8 Å². The predicted molar refractivity (Wildman–Crippen MR) is 185 cm³/mol. The van der Waals surface area contributed by atoms with E-state index in [-0.39, 0.29) is 35.1 Å². The normalized spacial score (nSPS) is 17.2. The lowest BCUT2D eigenvalue weighted by atomic mass is 9.95. The average Bonchev–Trinajstić information content (AvgIpc) is 3.66. The Morgan fingerprint density at radius 3 is 1.37 bits per heavy atom. The number of nitrogens with zero attached hydrogens (tertiary/aromatic N) is 2. The summed E-state index contributed by atoms with van der Waals surface area (Å²) in [6.45, 7) is 0.837. The van der Waals surface area contributed by atoms with Crippen LogP contribution >= 0.6 is 23.2 Å². The lowest BCUT2D eigenvalue weighted by Crippen LogP contribution is -2.30. The first-order valence-corrected chi connectivity index (χ1v) is 16.2. The maximum absolute atomic E-state index is 13.9. The molecule has 0 spiro atoms. The summed E-state index contributed by atoms with van der Waals surface area (Å²) in [5, 5.41) is 26.5. The molecule has 2 atom stereocenters. The van der Waals surface area contributed by atoms with Crippen LogP contribution < -0.4 is 9.80 Å². The van der Waals surface area contributed by atoms with E-state index in [4.69, 9.17) is 23.2 Å². The number of alkyl halides is 2. The summed E-state index contributed by atoms with van der Waals surface area (Å²) in [6, 6.07) is 29.5. The second-order valence-electron chi connectivity index (χ2n) is 12.1. The van der Waals surface area contributed by atoms with Crippen LogP contribution in [0.2, 0.25) is 0 Å². The molecule has 6 aromatic carbocycles. The van der Waals surface area contributed by atoms with Crippen LogP contribution in [-0.4, -0.2) is 46.9 Å². The van der Waals surface area contributed by atoms with Crippen molar-refractivity contribution < 1.29 is 19.8 Å².